The molecule has 0 aliphatic carbocycles. The van der Waals surface area contributed by atoms with Gasteiger partial charge in [0, 0.05) is 6.54 Å². The molecule has 0 saturated carbocycles. The van der Waals surface area contributed by atoms with Gasteiger partial charge in [-0.1, -0.05) is 11.6 Å². The number of halogens is 3. The summed E-state index contributed by atoms with van der Waals surface area (Å²) in [4.78, 5) is 19.3. The number of benzene rings is 2. The van der Waals surface area contributed by atoms with Crippen LogP contribution >= 0.6 is 39.3 Å². The fourth-order valence-corrected chi connectivity index (χ4v) is 4.63. The van der Waals surface area contributed by atoms with Gasteiger partial charge in [-0.25, -0.2) is 9.38 Å². The second-order valence-electron chi connectivity index (χ2n) is 5.55. The summed E-state index contributed by atoms with van der Waals surface area (Å²) in [7, 11) is 1.54. The lowest BCUT2D eigenvalue weighted by Crippen LogP contribution is -2.28. The van der Waals surface area contributed by atoms with Crippen LogP contribution in [-0.2, 0) is 4.79 Å². The summed E-state index contributed by atoms with van der Waals surface area (Å²) < 4.78 is 19.0. The standard InChI is InChI=1S/C19H15BrClFN2O2S/c1-3-24-18(25)16(10-11-8-14(20)17(26-2)15(21)9-11)27-19(24)23-13-6-4-12(22)5-7-13/h4-10H,3H2,1-2H3/b16-10+,23-19?. The van der Waals surface area contributed by atoms with Crippen LogP contribution in [0.5, 0.6) is 5.75 Å². The van der Waals surface area contributed by atoms with Crippen LogP contribution in [0.3, 0.4) is 0 Å². The summed E-state index contributed by atoms with van der Waals surface area (Å²) in [5.41, 5.74) is 1.35. The predicted octanol–water partition coefficient (Wildman–Crippen LogP) is 5.87. The highest BCUT2D eigenvalue weighted by molar-refractivity contribution is 9.10. The maximum atomic E-state index is 13.1. The van der Waals surface area contributed by atoms with Crippen LogP contribution in [0.25, 0.3) is 6.08 Å². The molecule has 2 aromatic rings. The Hall–Kier alpha value is -1.83. The highest BCUT2D eigenvalue weighted by atomic mass is 79.9. The average molecular weight is 470 g/mol. The van der Waals surface area contributed by atoms with Crippen molar-refractivity contribution in [1.82, 2.24) is 4.90 Å². The SMILES string of the molecule is CCN1C(=O)/C(=C\c2cc(Cl)c(OC)c(Br)c2)SC1=Nc1ccc(F)cc1. The van der Waals surface area contributed by atoms with Gasteiger partial charge in [0.2, 0.25) is 0 Å². The molecular weight excluding hydrogens is 455 g/mol. The zero-order valence-electron chi connectivity index (χ0n) is 14.5. The number of likely N-dealkylation sites (N-methyl/N-ethyl adjacent to an activating group) is 1. The van der Waals surface area contributed by atoms with Gasteiger partial charge in [0.15, 0.2) is 10.9 Å². The minimum Gasteiger partial charge on any atom is -0.494 e. The lowest BCUT2D eigenvalue weighted by atomic mass is 10.2. The first-order valence-electron chi connectivity index (χ1n) is 8.01. The number of carbonyl (C=O) groups excluding carboxylic acids is 1. The molecule has 1 amide bonds. The van der Waals surface area contributed by atoms with Gasteiger partial charge in [0.1, 0.15) is 5.82 Å². The summed E-state index contributed by atoms with van der Waals surface area (Å²) in [5.74, 6) is 0.0772. The van der Waals surface area contributed by atoms with Crippen molar-refractivity contribution in [3.8, 4) is 5.75 Å². The van der Waals surface area contributed by atoms with Gasteiger partial charge in [-0.05, 0) is 82.7 Å². The molecule has 27 heavy (non-hydrogen) atoms. The van der Waals surface area contributed by atoms with E-state index in [2.05, 4.69) is 20.9 Å². The van der Waals surface area contributed by atoms with Crippen LogP contribution in [0.4, 0.5) is 10.1 Å². The van der Waals surface area contributed by atoms with E-state index in [-0.39, 0.29) is 11.7 Å². The Kier molecular flexibility index (Phi) is 6.24. The smallest absolute Gasteiger partial charge is 0.266 e. The zero-order valence-corrected chi connectivity index (χ0v) is 17.7. The molecular formula is C19H15BrClFN2O2S. The highest BCUT2D eigenvalue weighted by Crippen LogP contribution is 2.37. The van der Waals surface area contributed by atoms with Crippen molar-refractivity contribution < 1.29 is 13.9 Å². The lowest BCUT2D eigenvalue weighted by molar-refractivity contribution is -0.122. The molecule has 0 bridgehead atoms. The molecule has 0 aromatic heterocycles. The number of amides is 1. The van der Waals surface area contributed by atoms with Crippen molar-refractivity contribution in [3.63, 3.8) is 0 Å². The van der Waals surface area contributed by atoms with Gasteiger partial charge in [-0.2, -0.15) is 0 Å². The van der Waals surface area contributed by atoms with Crippen molar-refractivity contribution in [2.45, 2.75) is 6.92 Å². The predicted molar refractivity (Wildman–Crippen MR) is 112 cm³/mol. The van der Waals surface area contributed by atoms with E-state index in [1.165, 1.54) is 31.0 Å². The molecule has 2 aromatic carbocycles. The minimum absolute atomic E-state index is 0.133. The molecule has 0 atom stereocenters. The second-order valence-corrected chi connectivity index (χ2v) is 7.82. The average Bonchev–Trinajstić information content (AvgIpc) is 2.91. The third-order valence-corrected chi connectivity index (χ3v) is 5.65. The molecule has 1 heterocycles. The van der Waals surface area contributed by atoms with Crippen molar-refractivity contribution in [3.05, 3.63) is 62.2 Å². The van der Waals surface area contributed by atoms with Crippen LogP contribution in [-0.4, -0.2) is 29.6 Å². The molecule has 8 heteroatoms. The van der Waals surface area contributed by atoms with E-state index in [1.54, 1.807) is 29.2 Å². The maximum Gasteiger partial charge on any atom is 0.266 e. The molecule has 3 rings (SSSR count). The van der Waals surface area contributed by atoms with Gasteiger partial charge in [-0.15, -0.1) is 0 Å². The van der Waals surface area contributed by atoms with E-state index in [1.807, 2.05) is 13.0 Å². The Balaban J connectivity index is 1.94. The van der Waals surface area contributed by atoms with Crippen LogP contribution < -0.4 is 4.74 Å². The first kappa shape index (κ1) is 19.9. The van der Waals surface area contributed by atoms with Crippen molar-refractivity contribution in [2.75, 3.05) is 13.7 Å². The fourth-order valence-electron chi connectivity index (χ4n) is 2.51. The largest absolute Gasteiger partial charge is 0.494 e. The Morgan fingerprint density at radius 2 is 2.04 bits per heavy atom. The van der Waals surface area contributed by atoms with Crippen LogP contribution in [0, 0.1) is 5.82 Å². The number of nitrogens with zero attached hydrogens (tertiary/aromatic N) is 2. The molecule has 0 unspecified atom stereocenters. The van der Waals surface area contributed by atoms with Crippen LogP contribution in [0.15, 0.2) is 50.8 Å². The Morgan fingerprint density at radius 3 is 2.63 bits per heavy atom. The molecule has 0 N–H and O–H groups in total. The summed E-state index contributed by atoms with van der Waals surface area (Å²) in [6, 6.07) is 9.39. The molecule has 1 aliphatic heterocycles. The third-order valence-electron chi connectivity index (χ3n) is 3.78. The number of methoxy groups -OCH3 is 1. The monoisotopic (exact) mass is 468 g/mol. The quantitative estimate of drug-likeness (QED) is 0.526. The van der Waals surface area contributed by atoms with Gasteiger partial charge in [0.25, 0.3) is 5.91 Å². The third kappa shape index (κ3) is 4.36. The second kappa shape index (κ2) is 8.46. The first-order chi connectivity index (χ1) is 12.9. The summed E-state index contributed by atoms with van der Waals surface area (Å²) in [6.45, 7) is 2.36. The lowest BCUT2D eigenvalue weighted by Gasteiger charge is -2.12. The molecule has 1 fully saturated rings. The van der Waals surface area contributed by atoms with Gasteiger partial charge in [0.05, 0.1) is 27.2 Å². The molecule has 0 radical (unpaired) electrons. The number of amidine groups is 1. The molecule has 1 aliphatic rings. The topological polar surface area (TPSA) is 41.9 Å². The van der Waals surface area contributed by atoms with Gasteiger partial charge < -0.3 is 4.74 Å². The summed E-state index contributed by atoms with van der Waals surface area (Å²) in [5, 5.41) is 1.00. The minimum atomic E-state index is -0.330. The van der Waals surface area contributed by atoms with E-state index in [4.69, 9.17) is 16.3 Å². The van der Waals surface area contributed by atoms with E-state index in [0.717, 1.165) is 5.56 Å². The number of ether oxygens (including phenoxy) is 1. The zero-order chi connectivity index (χ0) is 19.6. The molecule has 140 valence electrons. The van der Waals surface area contributed by atoms with Gasteiger partial charge >= 0.3 is 0 Å². The number of rotatable bonds is 4. The number of hydrogen-bond donors (Lipinski definition) is 0. The first-order valence-corrected chi connectivity index (χ1v) is 10.0. The van der Waals surface area contributed by atoms with E-state index in [9.17, 15) is 9.18 Å². The van der Waals surface area contributed by atoms with Crippen molar-refractivity contribution in [2.24, 2.45) is 4.99 Å². The number of thioether (sulfide) groups is 1. The van der Waals surface area contributed by atoms with Gasteiger partial charge in [-0.3, -0.25) is 9.69 Å². The summed E-state index contributed by atoms with van der Waals surface area (Å²) in [6.07, 6.45) is 1.76. The Bertz CT molecular complexity index is 924. The van der Waals surface area contributed by atoms with Crippen molar-refractivity contribution >= 4 is 62.1 Å². The number of hydrogen-bond acceptors (Lipinski definition) is 4. The maximum absolute atomic E-state index is 13.1. The van der Waals surface area contributed by atoms with E-state index < -0.39 is 0 Å². The molecule has 4 nitrogen and oxygen atoms in total. The van der Waals surface area contributed by atoms with E-state index in [0.29, 0.717) is 37.5 Å². The Morgan fingerprint density at radius 1 is 1.33 bits per heavy atom. The normalized spacial score (nSPS) is 17.2. The summed E-state index contributed by atoms with van der Waals surface area (Å²) >= 11 is 10.9. The van der Waals surface area contributed by atoms with Crippen molar-refractivity contribution in [1.29, 1.82) is 0 Å². The fraction of sp³-hybridized carbons (Fsp3) is 0.158. The molecule has 1 saturated heterocycles. The Labute approximate surface area is 174 Å². The van der Waals surface area contributed by atoms with Crippen LogP contribution in [0.1, 0.15) is 12.5 Å². The number of aliphatic imine (C=N–C) groups is 1. The van der Waals surface area contributed by atoms with Crippen LogP contribution in [0.2, 0.25) is 5.02 Å². The molecule has 0 spiro atoms. The highest BCUT2D eigenvalue weighted by Gasteiger charge is 2.32. The number of carbonyl (C=O) groups is 1. The van der Waals surface area contributed by atoms with E-state index >= 15 is 0 Å².